The number of pyridine rings is 1. The molecule has 0 fully saturated rings. The van der Waals surface area contributed by atoms with Crippen LogP contribution in [-0.4, -0.2) is 28.0 Å². The monoisotopic (exact) mass is 230 g/mol. The molecule has 0 unspecified atom stereocenters. The lowest BCUT2D eigenvalue weighted by atomic mass is 10.3. The van der Waals surface area contributed by atoms with Crippen molar-refractivity contribution in [3.8, 4) is 5.88 Å². The van der Waals surface area contributed by atoms with Gasteiger partial charge in [-0.05, 0) is 12.1 Å². The van der Waals surface area contributed by atoms with Gasteiger partial charge in [-0.25, -0.2) is 9.97 Å². The smallest absolute Gasteiger partial charge is 0.274 e. The number of hydrogen-bond acceptors (Lipinski definition) is 5. The predicted molar refractivity (Wildman–Crippen MR) is 60.8 cm³/mol. The molecule has 0 saturated carbocycles. The average Bonchev–Trinajstić information content (AvgIpc) is 2.40. The van der Waals surface area contributed by atoms with E-state index in [4.69, 9.17) is 4.74 Å². The van der Waals surface area contributed by atoms with E-state index in [0.29, 0.717) is 11.6 Å². The Hall–Kier alpha value is -2.50. The van der Waals surface area contributed by atoms with E-state index in [2.05, 4.69) is 20.3 Å². The molecule has 0 saturated heterocycles. The summed E-state index contributed by atoms with van der Waals surface area (Å²) in [5, 5.41) is 2.68. The Kier molecular flexibility index (Phi) is 3.25. The molecular weight excluding hydrogens is 220 g/mol. The Balaban J connectivity index is 2.14. The molecule has 0 aromatic carbocycles. The normalized spacial score (nSPS) is 9.71. The molecule has 0 aliphatic carbocycles. The molecule has 0 radical (unpaired) electrons. The van der Waals surface area contributed by atoms with Gasteiger partial charge in [0, 0.05) is 24.1 Å². The second-order valence-electron chi connectivity index (χ2n) is 3.14. The highest BCUT2D eigenvalue weighted by Gasteiger charge is 2.08. The first kappa shape index (κ1) is 11.0. The van der Waals surface area contributed by atoms with Gasteiger partial charge in [0.25, 0.3) is 5.91 Å². The molecule has 2 aromatic heterocycles. The lowest BCUT2D eigenvalue weighted by molar-refractivity contribution is 0.102. The lowest BCUT2D eigenvalue weighted by Gasteiger charge is -2.04. The van der Waals surface area contributed by atoms with Gasteiger partial charge in [0.15, 0.2) is 0 Å². The number of ether oxygens (including phenoxy) is 1. The van der Waals surface area contributed by atoms with Gasteiger partial charge < -0.3 is 10.1 Å². The van der Waals surface area contributed by atoms with Gasteiger partial charge in [-0.2, -0.15) is 0 Å². The molecule has 6 nitrogen and oxygen atoms in total. The molecular formula is C11H10N4O2. The van der Waals surface area contributed by atoms with Gasteiger partial charge in [0.2, 0.25) is 5.88 Å². The maximum absolute atomic E-state index is 11.8. The van der Waals surface area contributed by atoms with Crippen LogP contribution in [-0.2, 0) is 0 Å². The van der Waals surface area contributed by atoms with Crippen molar-refractivity contribution in [3.63, 3.8) is 0 Å². The van der Waals surface area contributed by atoms with Gasteiger partial charge in [-0.1, -0.05) is 0 Å². The summed E-state index contributed by atoms with van der Waals surface area (Å²) in [6, 6.07) is 4.85. The summed E-state index contributed by atoms with van der Waals surface area (Å²) >= 11 is 0. The predicted octanol–water partition coefficient (Wildman–Crippen LogP) is 1.13. The van der Waals surface area contributed by atoms with Crippen LogP contribution >= 0.6 is 0 Å². The fraction of sp³-hybridized carbons (Fsp3) is 0.0909. The number of amides is 1. The van der Waals surface area contributed by atoms with Gasteiger partial charge in [-0.15, -0.1) is 0 Å². The van der Waals surface area contributed by atoms with E-state index >= 15 is 0 Å². The van der Waals surface area contributed by atoms with E-state index in [1.165, 1.54) is 19.5 Å². The van der Waals surface area contributed by atoms with Crippen LogP contribution in [0.3, 0.4) is 0 Å². The molecule has 0 bridgehead atoms. The summed E-state index contributed by atoms with van der Waals surface area (Å²) in [7, 11) is 1.48. The van der Waals surface area contributed by atoms with Crippen molar-refractivity contribution in [2.75, 3.05) is 12.4 Å². The van der Waals surface area contributed by atoms with E-state index in [1.807, 2.05) is 0 Å². The summed E-state index contributed by atoms with van der Waals surface area (Å²) in [4.78, 5) is 23.3. The Labute approximate surface area is 97.7 Å². The second-order valence-corrected chi connectivity index (χ2v) is 3.14. The molecule has 86 valence electrons. The number of nitrogens with zero attached hydrogens (tertiary/aromatic N) is 3. The second kappa shape index (κ2) is 5.02. The zero-order valence-electron chi connectivity index (χ0n) is 9.12. The number of rotatable bonds is 3. The van der Waals surface area contributed by atoms with Crippen molar-refractivity contribution < 1.29 is 9.53 Å². The van der Waals surface area contributed by atoms with E-state index in [9.17, 15) is 4.79 Å². The summed E-state index contributed by atoms with van der Waals surface area (Å²) < 4.78 is 4.91. The highest BCUT2D eigenvalue weighted by molar-refractivity contribution is 6.02. The first-order chi connectivity index (χ1) is 8.29. The van der Waals surface area contributed by atoms with Gasteiger partial charge in [-0.3, -0.25) is 9.78 Å². The number of carbonyl (C=O) groups excluding carboxylic acids is 1. The summed E-state index contributed by atoms with van der Waals surface area (Å²) in [6.45, 7) is 0. The Morgan fingerprint density at radius 3 is 2.76 bits per heavy atom. The molecule has 2 rings (SSSR count). The summed E-state index contributed by atoms with van der Waals surface area (Å²) in [6.07, 6.45) is 4.46. The SMILES string of the molecule is COc1cc(C(=O)Nc2ccncc2)ncn1. The van der Waals surface area contributed by atoms with Crippen molar-refractivity contribution in [1.29, 1.82) is 0 Å². The topological polar surface area (TPSA) is 77.0 Å². The highest BCUT2D eigenvalue weighted by atomic mass is 16.5. The molecule has 1 amide bonds. The maximum Gasteiger partial charge on any atom is 0.274 e. The van der Waals surface area contributed by atoms with E-state index in [-0.39, 0.29) is 11.6 Å². The quantitative estimate of drug-likeness (QED) is 0.855. The van der Waals surface area contributed by atoms with Crippen molar-refractivity contribution in [3.05, 3.63) is 42.6 Å². The van der Waals surface area contributed by atoms with Crippen LogP contribution in [0.15, 0.2) is 36.9 Å². The average molecular weight is 230 g/mol. The minimum Gasteiger partial charge on any atom is -0.481 e. The Bertz CT molecular complexity index is 516. The molecule has 6 heteroatoms. The lowest BCUT2D eigenvalue weighted by Crippen LogP contribution is -2.14. The maximum atomic E-state index is 11.8. The van der Waals surface area contributed by atoms with Crippen molar-refractivity contribution >= 4 is 11.6 Å². The van der Waals surface area contributed by atoms with Crippen molar-refractivity contribution in [2.45, 2.75) is 0 Å². The van der Waals surface area contributed by atoms with Crippen LogP contribution in [0.1, 0.15) is 10.5 Å². The van der Waals surface area contributed by atoms with Gasteiger partial charge in [0.1, 0.15) is 12.0 Å². The molecule has 1 N–H and O–H groups in total. The fourth-order valence-corrected chi connectivity index (χ4v) is 1.21. The standard InChI is InChI=1S/C11H10N4O2/c1-17-10-6-9(13-7-14-10)11(16)15-8-2-4-12-5-3-8/h2-7H,1H3,(H,12,15,16). The van der Waals surface area contributed by atoms with Crippen LogP contribution in [0.25, 0.3) is 0 Å². The van der Waals surface area contributed by atoms with Crippen LogP contribution in [0.2, 0.25) is 0 Å². The molecule has 0 atom stereocenters. The van der Waals surface area contributed by atoms with Crippen LogP contribution in [0.5, 0.6) is 5.88 Å². The van der Waals surface area contributed by atoms with Gasteiger partial charge in [0.05, 0.1) is 7.11 Å². The van der Waals surface area contributed by atoms with E-state index < -0.39 is 0 Å². The molecule has 0 aliphatic rings. The number of methoxy groups -OCH3 is 1. The zero-order valence-corrected chi connectivity index (χ0v) is 9.12. The minimum absolute atomic E-state index is 0.244. The van der Waals surface area contributed by atoms with Crippen LogP contribution < -0.4 is 10.1 Å². The molecule has 2 aromatic rings. The van der Waals surface area contributed by atoms with Crippen molar-refractivity contribution in [1.82, 2.24) is 15.0 Å². The first-order valence-electron chi connectivity index (χ1n) is 4.87. The largest absolute Gasteiger partial charge is 0.481 e. The Morgan fingerprint density at radius 1 is 1.29 bits per heavy atom. The summed E-state index contributed by atoms with van der Waals surface area (Å²) in [5.41, 5.74) is 0.899. The fourth-order valence-electron chi connectivity index (χ4n) is 1.21. The third kappa shape index (κ3) is 2.75. The third-order valence-corrected chi connectivity index (χ3v) is 2.02. The number of carbonyl (C=O) groups is 1. The number of nitrogens with one attached hydrogen (secondary N) is 1. The highest BCUT2D eigenvalue weighted by Crippen LogP contribution is 2.09. The van der Waals surface area contributed by atoms with Crippen molar-refractivity contribution in [2.24, 2.45) is 0 Å². The molecule has 0 spiro atoms. The molecule has 2 heterocycles. The Morgan fingerprint density at radius 2 is 2.06 bits per heavy atom. The number of anilines is 1. The third-order valence-electron chi connectivity index (χ3n) is 2.02. The summed E-state index contributed by atoms with van der Waals surface area (Å²) in [5.74, 6) is 0.0248. The van der Waals surface area contributed by atoms with E-state index in [0.717, 1.165) is 0 Å². The van der Waals surface area contributed by atoms with Crippen LogP contribution in [0.4, 0.5) is 5.69 Å². The number of aromatic nitrogens is 3. The number of hydrogen-bond donors (Lipinski definition) is 1. The van der Waals surface area contributed by atoms with Gasteiger partial charge >= 0.3 is 0 Å². The minimum atomic E-state index is -0.322. The molecule has 0 aliphatic heterocycles. The van der Waals surface area contributed by atoms with E-state index in [1.54, 1.807) is 24.5 Å². The zero-order chi connectivity index (χ0) is 12.1. The first-order valence-corrected chi connectivity index (χ1v) is 4.87. The van der Waals surface area contributed by atoms with Crippen LogP contribution in [0, 0.1) is 0 Å². The molecule has 17 heavy (non-hydrogen) atoms.